The minimum Gasteiger partial charge on any atom is -0.508 e. The summed E-state index contributed by atoms with van der Waals surface area (Å²) in [5.74, 6) is -1.16. The van der Waals surface area contributed by atoms with Gasteiger partial charge in [-0.1, -0.05) is 18.2 Å². The van der Waals surface area contributed by atoms with Gasteiger partial charge in [-0.25, -0.2) is 13.8 Å². The molecule has 0 aliphatic rings. The normalized spacial score (nSPS) is 11.0. The Balaban J connectivity index is 1.56. The summed E-state index contributed by atoms with van der Waals surface area (Å²) in [7, 11) is 0. The molecule has 0 aliphatic carbocycles. The lowest BCUT2D eigenvalue weighted by molar-refractivity contribution is 0.289. The largest absolute Gasteiger partial charge is 0.508 e. The van der Waals surface area contributed by atoms with Gasteiger partial charge in [-0.3, -0.25) is 0 Å². The van der Waals surface area contributed by atoms with E-state index in [2.05, 4.69) is 4.98 Å². The number of hydrogen-bond acceptors (Lipinski definition) is 4. The second-order valence-electron chi connectivity index (χ2n) is 5.70. The summed E-state index contributed by atoms with van der Waals surface area (Å²) in [6.45, 7) is 0.108. The molecule has 4 aromatic rings. The monoisotopic (exact) mass is 369 g/mol. The van der Waals surface area contributed by atoms with Crippen LogP contribution in [-0.2, 0) is 6.61 Å². The standard InChI is InChI=1S/C20H13F2NO2S/c21-14-4-7-18(16(22)10-14)25-11-20-23-17-9-13(3-8-19(17)26-20)12-1-5-15(24)6-2-12/h1-10,24H,11H2. The third-order valence-electron chi connectivity index (χ3n) is 3.88. The van der Waals surface area contributed by atoms with Crippen molar-refractivity contribution in [3.63, 3.8) is 0 Å². The number of thiazole rings is 1. The topological polar surface area (TPSA) is 42.4 Å². The van der Waals surface area contributed by atoms with E-state index in [1.165, 1.54) is 17.4 Å². The van der Waals surface area contributed by atoms with Crippen molar-refractivity contribution in [1.29, 1.82) is 0 Å². The quantitative estimate of drug-likeness (QED) is 0.515. The van der Waals surface area contributed by atoms with Crippen LogP contribution in [0.3, 0.4) is 0 Å². The zero-order valence-corrected chi connectivity index (χ0v) is 14.3. The first-order valence-electron chi connectivity index (χ1n) is 7.85. The predicted octanol–water partition coefficient (Wildman–Crippen LogP) is 5.53. The fourth-order valence-corrected chi connectivity index (χ4v) is 3.46. The Morgan fingerprint density at radius 1 is 0.923 bits per heavy atom. The molecule has 0 amide bonds. The zero-order chi connectivity index (χ0) is 18.1. The van der Waals surface area contributed by atoms with Crippen LogP contribution in [0.5, 0.6) is 11.5 Å². The molecule has 4 rings (SSSR count). The van der Waals surface area contributed by atoms with Gasteiger partial charge in [0.2, 0.25) is 0 Å². The summed E-state index contributed by atoms with van der Waals surface area (Å²) in [4.78, 5) is 4.53. The van der Waals surface area contributed by atoms with E-state index < -0.39 is 11.6 Å². The number of rotatable bonds is 4. The van der Waals surface area contributed by atoms with Crippen molar-refractivity contribution in [3.05, 3.63) is 77.3 Å². The molecule has 0 bridgehead atoms. The molecule has 1 heterocycles. The van der Waals surface area contributed by atoms with E-state index in [-0.39, 0.29) is 18.1 Å². The van der Waals surface area contributed by atoms with Gasteiger partial charge in [-0.05, 0) is 47.5 Å². The number of fused-ring (bicyclic) bond motifs is 1. The number of aromatic nitrogens is 1. The van der Waals surface area contributed by atoms with Crippen LogP contribution in [-0.4, -0.2) is 10.1 Å². The Hall–Kier alpha value is -2.99. The second-order valence-corrected chi connectivity index (χ2v) is 6.82. The van der Waals surface area contributed by atoms with Crippen molar-refractivity contribution in [2.75, 3.05) is 0 Å². The number of nitrogens with zero attached hydrogens (tertiary/aromatic N) is 1. The van der Waals surface area contributed by atoms with Crippen LogP contribution < -0.4 is 4.74 Å². The van der Waals surface area contributed by atoms with Crippen molar-refractivity contribution in [1.82, 2.24) is 4.98 Å². The number of benzene rings is 3. The first-order valence-corrected chi connectivity index (χ1v) is 8.67. The Morgan fingerprint density at radius 3 is 2.46 bits per heavy atom. The van der Waals surface area contributed by atoms with E-state index in [0.29, 0.717) is 5.01 Å². The number of ether oxygens (including phenoxy) is 1. The van der Waals surface area contributed by atoms with Crippen LogP contribution in [0, 0.1) is 11.6 Å². The van der Waals surface area contributed by atoms with Gasteiger partial charge in [0.1, 0.15) is 23.2 Å². The average molecular weight is 369 g/mol. The van der Waals surface area contributed by atoms with Crippen molar-refractivity contribution in [2.24, 2.45) is 0 Å². The predicted molar refractivity (Wildman–Crippen MR) is 97.4 cm³/mol. The molecule has 0 aliphatic heterocycles. The van der Waals surface area contributed by atoms with Crippen molar-refractivity contribution in [3.8, 4) is 22.6 Å². The highest BCUT2D eigenvalue weighted by Crippen LogP contribution is 2.29. The first-order chi connectivity index (χ1) is 12.6. The molecule has 0 radical (unpaired) electrons. The fourth-order valence-electron chi connectivity index (χ4n) is 2.60. The maximum atomic E-state index is 13.6. The summed E-state index contributed by atoms with van der Waals surface area (Å²) >= 11 is 1.46. The van der Waals surface area contributed by atoms with Gasteiger partial charge in [-0.15, -0.1) is 11.3 Å². The molecule has 3 aromatic carbocycles. The molecule has 0 fully saturated rings. The lowest BCUT2D eigenvalue weighted by atomic mass is 10.1. The molecule has 26 heavy (non-hydrogen) atoms. The lowest BCUT2D eigenvalue weighted by Gasteiger charge is -2.04. The third kappa shape index (κ3) is 3.36. The van der Waals surface area contributed by atoms with E-state index in [1.807, 2.05) is 30.3 Å². The molecule has 0 unspecified atom stereocenters. The van der Waals surface area contributed by atoms with Gasteiger partial charge in [-0.2, -0.15) is 0 Å². The molecular formula is C20H13F2NO2S. The number of aromatic hydroxyl groups is 1. The minimum absolute atomic E-state index is 0.00422. The van der Waals surface area contributed by atoms with Crippen LogP contribution in [0.25, 0.3) is 21.3 Å². The molecule has 0 atom stereocenters. The van der Waals surface area contributed by atoms with E-state index in [0.717, 1.165) is 33.5 Å². The van der Waals surface area contributed by atoms with Crippen LogP contribution in [0.15, 0.2) is 60.7 Å². The maximum absolute atomic E-state index is 13.6. The van der Waals surface area contributed by atoms with Gasteiger partial charge in [0.15, 0.2) is 11.6 Å². The third-order valence-corrected chi connectivity index (χ3v) is 4.89. The smallest absolute Gasteiger partial charge is 0.167 e. The highest BCUT2D eigenvalue weighted by Gasteiger charge is 2.09. The van der Waals surface area contributed by atoms with E-state index in [1.54, 1.807) is 12.1 Å². The Kier molecular flexibility index (Phi) is 4.26. The van der Waals surface area contributed by atoms with E-state index in [9.17, 15) is 13.9 Å². The molecule has 6 heteroatoms. The van der Waals surface area contributed by atoms with Crippen molar-refractivity contribution in [2.45, 2.75) is 6.61 Å². The molecule has 3 nitrogen and oxygen atoms in total. The summed E-state index contributed by atoms with van der Waals surface area (Å²) in [6, 6.07) is 16.1. The maximum Gasteiger partial charge on any atom is 0.167 e. The molecule has 0 spiro atoms. The van der Waals surface area contributed by atoms with Crippen LogP contribution in [0.2, 0.25) is 0 Å². The summed E-state index contributed by atoms with van der Waals surface area (Å²) < 4.78 is 33.0. The summed E-state index contributed by atoms with van der Waals surface area (Å²) in [5, 5.41) is 10.1. The highest BCUT2D eigenvalue weighted by molar-refractivity contribution is 7.18. The van der Waals surface area contributed by atoms with Crippen LogP contribution >= 0.6 is 11.3 Å². The first kappa shape index (κ1) is 16.5. The zero-order valence-electron chi connectivity index (χ0n) is 13.4. The van der Waals surface area contributed by atoms with E-state index >= 15 is 0 Å². The second kappa shape index (κ2) is 6.72. The molecule has 1 N–H and O–H groups in total. The molecule has 130 valence electrons. The Labute approximate surface area is 152 Å². The SMILES string of the molecule is Oc1ccc(-c2ccc3sc(COc4ccc(F)cc4F)nc3c2)cc1. The Bertz CT molecular complexity index is 1080. The summed E-state index contributed by atoms with van der Waals surface area (Å²) in [6.07, 6.45) is 0. The van der Waals surface area contributed by atoms with E-state index in [4.69, 9.17) is 4.74 Å². The van der Waals surface area contributed by atoms with Crippen LogP contribution in [0.4, 0.5) is 8.78 Å². The number of phenolic OH excluding ortho intramolecular Hbond substituents is 1. The Morgan fingerprint density at radius 2 is 1.69 bits per heavy atom. The molecular weight excluding hydrogens is 356 g/mol. The van der Waals surface area contributed by atoms with Gasteiger partial charge in [0.25, 0.3) is 0 Å². The van der Waals surface area contributed by atoms with Gasteiger partial charge in [0.05, 0.1) is 10.2 Å². The fraction of sp³-hybridized carbons (Fsp3) is 0.0500. The van der Waals surface area contributed by atoms with Crippen LogP contribution in [0.1, 0.15) is 5.01 Å². The number of hydrogen-bond donors (Lipinski definition) is 1. The lowest BCUT2D eigenvalue weighted by Crippen LogP contribution is -1.97. The number of halogens is 2. The van der Waals surface area contributed by atoms with Crippen molar-refractivity contribution >= 4 is 21.6 Å². The molecule has 0 saturated carbocycles. The summed E-state index contributed by atoms with van der Waals surface area (Å²) in [5.41, 5.74) is 2.78. The van der Waals surface area contributed by atoms with Crippen molar-refractivity contribution < 1.29 is 18.6 Å². The highest BCUT2D eigenvalue weighted by atomic mass is 32.1. The molecule has 0 saturated heterocycles. The number of phenols is 1. The molecule has 1 aromatic heterocycles. The average Bonchev–Trinajstić information content (AvgIpc) is 3.03. The van der Waals surface area contributed by atoms with Gasteiger partial charge in [0, 0.05) is 6.07 Å². The van der Waals surface area contributed by atoms with Gasteiger partial charge < -0.3 is 9.84 Å². The minimum atomic E-state index is -0.735. The van der Waals surface area contributed by atoms with Gasteiger partial charge >= 0.3 is 0 Å².